The second kappa shape index (κ2) is 9.22. The van der Waals surface area contributed by atoms with Crippen LogP contribution in [0, 0.1) is 6.92 Å². The Labute approximate surface area is 181 Å². The highest BCUT2D eigenvalue weighted by molar-refractivity contribution is 7.15. The van der Waals surface area contributed by atoms with E-state index < -0.39 is 5.60 Å². The van der Waals surface area contributed by atoms with Crippen LogP contribution in [0.25, 0.3) is 0 Å². The van der Waals surface area contributed by atoms with Crippen LogP contribution in [0.2, 0.25) is 4.47 Å². The van der Waals surface area contributed by atoms with Gasteiger partial charge < -0.3 is 20.3 Å². The Balaban J connectivity index is 1.57. The topological polar surface area (TPSA) is 66.5 Å². The first-order valence-electron chi connectivity index (χ1n) is 9.89. The Kier molecular flexibility index (Phi) is 6.90. The highest BCUT2D eigenvalue weighted by Gasteiger charge is 2.27. The van der Waals surface area contributed by atoms with Crippen LogP contribution in [0.5, 0.6) is 0 Å². The number of amides is 1. The van der Waals surface area contributed by atoms with Gasteiger partial charge in [-0.1, -0.05) is 17.7 Å². The molecule has 0 aliphatic carbocycles. The van der Waals surface area contributed by atoms with Crippen LogP contribution < -0.4 is 10.6 Å². The lowest BCUT2D eigenvalue weighted by Crippen LogP contribution is -2.44. The molecule has 0 unspecified atom stereocenters. The highest BCUT2D eigenvalue weighted by Crippen LogP contribution is 2.28. The van der Waals surface area contributed by atoms with Crippen molar-refractivity contribution in [2.45, 2.75) is 58.7 Å². The third kappa shape index (κ3) is 6.51. The number of thiazole rings is 1. The maximum Gasteiger partial charge on any atom is 0.410 e. The van der Waals surface area contributed by atoms with E-state index in [2.05, 4.69) is 40.7 Å². The Morgan fingerprint density at radius 3 is 2.66 bits per heavy atom. The number of carbonyl (C=O) groups excluding carboxylic acids is 1. The monoisotopic (exact) mass is 436 g/mol. The molecule has 0 saturated carbocycles. The van der Waals surface area contributed by atoms with Gasteiger partial charge in [0.2, 0.25) is 0 Å². The zero-order valence-corrected chi connectivity index (χ0v) is 19.0. The number of benzene rings is 1. The van der Waals surface area contributed by atoms with Gasteiger partial charge in [-0.2, -0.15) is 0 Å². The second-order valence-corrected chi connectivity index (χ2v) is 10.1. The van der Waals surface area contributed by atoms with Gasteiger partial charge in [0.05, 0.1) is 17.9 Å². The minimum absolute atomic E-state index is 0.225. The molecule has 0 bridgehead atoms. The number of aromatic nitrogens is 1. The zero-order chi connectivity index (χ0) is 21.0. The number of piperidine rings is 1. The molecule has 0 spiro atoms. The summed E-state index contributed by atoms with van der Waals surface area (Å²) in [5.74, 6) is 0. The summed E-state index contributed by atoms with van der Waals surface area (Å²) in [5, 5.41) is 7.14. The lowest BCUT2D eigenvalue weighted by Gasteiger charge is -2.34. The maximum atomic E-state index is 12.3. The molecule has 29 heavy (non-hydrogen) atoms. The molecule has 0 radical (unpaired) electrons. The summed E-state index contributed by atoms with van der Waals surface area (Å²) < 4.78 is 6.04. The maximum absolute atomic E-state index is 12.3. The first-order valence-corrected chi connectivity index (χ1v) is 11.1. The van der Waals surface area contributed by atoms with E-state index in [9.17, 15) is 4.79 Å². The van der Waals surface area contributed by atoms with E-state index in [1.165, 1.54) is 16.9 Å². The molecule has 1 aromatic carbocycles. The van der Waals surface area contributed by atoms with E-state index in [-0.39, 0.29) is 6.09 Å². The van der Waals surface area contributed by atoms with Crippen LogP contribution in [-0.4, -0.2) is 40.7 Å². The molecule has 2 aromatic rings. The van der Waals surface area contributed by atoms with Crippen LogP contribution in [0.15, 0.2) is 24.4 Å². The molecule has 1 aliphatic heterocycles. The smallest absolute Gasteiger partial charge is 0.410 e. The number of rotatable bonds is 5. The summed E-state index contributed by atoms with van der Waals surface area (Å²) in [7, 11) is 0. The van der Waals surface area contributed by atoms with E-state index in [4.69, 9.17) is 16.3 Å². The van der Waals surface area contributed by atoms with Crippen molar-refractivity contribution in [3.05, 3.63) is 39.3 Å². The average Bonchev–Trinajstić information content (AvgIpc) is 3.05. The van der Waals surface area contributed by atoms with Crippen LogP contribution in [0.4, 0.5) is 16.2 Å². The third-order valence-electron chi connectivity index (χ3n) is 4.66. The van der Waals surface area contributed by atoms with Gasteiger partial charge in [-0.15, -0.1) is 11.3 Å². The fourth-order valence-corrected chi connectivity index (χ4v) is 4.15. The molecule has 1 aromatic heterocycles. The highest BCUT2D eigenvalue weighted by atomic mass is 35.5. The van der Waals surface area contributed by atoms with Gasteiger partial charge in [-0.3, -0.25) is 0 Å². The number of nitrogens with one attached hydrogen (secondary N) is 2. The molecule has 0 atom stereocenters. The first kappa shape index (κ1) is 21.7. The molecule has 158 valence electrons. The van der Waals surface area contributed by atoms with Crippen molar-refractivity contribution in [2.24, 2.45) is 0 Å². The van der Waals surface area contributed by atoms with E-state index in [0.717, 1.165) is 29.1 Å². The molecule has 1 fully saturated rings. The fraction of sp³-hybridized carbons (Fsp3) is 0.524. The van der Waals surface area contributed by atoms with Gasteiger partial charge in [-0.05, 0) is 58.2 Å². The number of nitrogens with zero attached hydrogens (tertiary/aromatic N) is 2. The summed E-state index contributed by atoms with van der Waals surface area (Å²) in [4.78, 5) is 19.2. The lowest BCUT2D eigenvalue weighted by molar-refractivity contribution is 0.0210. The Morgan fingerprint density at radius 1 is 1.31 bits per heavy atom. The van der Waals surface area contributed by atoms with E-state index in [1.807, 2.05) is 20.8 Å². The molecule has 3 rings (SSSR count). The largest absolute Gasteiger partial charge is 0.444 e. The molecule has 1 aliphatic rings. The van der Waals surface area contributed by atoms with Crippen LogP contribution >= 0.6 is 22.9 Å². The molecular weight excluding hydrogens is 408 g/mol. The van der Waals surface area contributed by atoms with E-state index in [0.29, 0.717) is 30.1 Å². The van der Waals surface area contributed by atoms with Crippen molar-refractivity contribution in [3.8, 4) is 0 Å². The summed E-state index contributed by atoms with van der Waals surface area (Å²) in [6, 6.07) is 6.66. The Morgan fingerprint density at radius 2 is 2.03 bits per heavy atom. The molecule has 1 saturated heterocycles. The number of carbonyl (C=O) groups is 1. The number of halogens is 1. The SMILES string of the molecule is Cc1ccc(NCc2cnc(Cl)s2)c(NC2CCN(C(=O)OC(C)(C)C)CC2)c1. The molecule has 6 nitrogen and oxygen atoms in total. The van der Waals surface area contributed by atoms with Gasteiger partial charge in [0.15, 0.2) is 4.47 Å². The molecule has 1 amide bonds. The number of anilines is 2. The van der Waals surface area contributed by atoms with Crippen molar-refractivity contribution in [1.82, 2.24) is 9.88 Å². The van der Waals surface area contributed by atoms with Crippen molar-refractivity contribution < 1.29 is 9.53 Å². The number of likely N-dealkylation sites (tertiary alicyclic amines) is 1. The number of hydrogen-bond donors (Lipinski definition) is 2. The fourth-order valence-electron chi connectivity index (χ4n) is 3.23. The van der Waals surface area contributed by atoms with Gasteiger partial charge in [0.25, 0.3) is 0 Å². The predicted molar refractivity (Wildman–Crippen MR) is 120 cm³/mol. The Hall–Kier alpha value is -1.99. The summed E-state index contributed by atoms with van der Waals surface area (Å²) >= 11 is 7.40. The van der Waals surface area contributed by atoms with E-state index >= 15 is 0 Å². The van der Waals surface area contributed by atoms with Crippen LogP contribution in [0.3, 0.4) is 0 Å². The molecular formula is C21H29ClN4O2S. The zero-order valence-electron chi connectivity index (χ0n) is 17.4. The number of hydrogen-bond acceptors (Lipinski definition) is 6. The van der Waals surface area contributed by atoms with Crippen LogP contribution in [-0.2, 0) is 11.3 Å². The minimum atomic E-state index is -0.462. The van der Waals surface area contributed by atoms with Gasteiger partial charge in [0, 0.05) is 30.2 Å². The van der Waals surface area contributed by atoms with Crippen molar-refractivity contribution >= 4 is 40.4 Å². The standard InChI is InChI=1S/C21H29ClN4O2S/c1-14-5-6-17(23-12-16-13-24-19(22)29-16)18(11-14)25-15-7-9-26(10-8-15)20(27)28-21(2,3)4/h5-6,11,13,15,23,25H,7-10,12H2,1-4H3. The van der Waals surface area contributed by atoms with E-state index in [1.54, 1.807) is 11.1 Å². The predicted octanol–water partition coefficient (Wildman–Crippen LogP) is 5.53. The molecule has 2 heterocycles. The lowest BCUT2D eigenvalue weighted by atomic mass is 10.0. The minimum Gasteiger partial charge on any atom is -0.444 e. The van der Waals surface area contributed by atoms with Gasteiger partial charge in [0.1, 0.15) is 5.60 Å². The Bertz CT molecular complexity index is 841. The molecule has 2 N–H and O–H groups in total. The summed E-state index contributed by atoms with van der Waals surface area (Å²) in [6.07, 6.45) is 3.35. The average molecular weight is 437 g/mol. The van der Waals surface area contributed by atoms with Gasteiger partial charge in [-0.25, -0.2) is 9.78 Å². The van der Waals surface area contributed by atoms with Crippen molar-refractivity contribution in [2.75, 3.05) is 23.7 Å². The number of ether oxygens (including phenoxy) is 1. The summed E-state index contributed by atoms with van der Waals surface area (Å²) in [5.41, 5.74) is 2.87. The second-order valence-electron chi connectivity index (χ2n) is 8.37. The first-order chi connectivity index (χ1) is 13.7. The quantitative estimate of drug-likeness (QED) is 0.645. The van der Waals surface area contributed by atoms with Gasteiger partial charge >= 0.3 is 6.09 Å². The van der Waals surface area contributed by atoms with Crippen LogP contribution in [0.1, 0.15) is 44.1 Å². The van der Waals surface area contributed by atoms with Crippen molar-refractivity contribution in [3.63, 3.8) is 0 Å². The molecule has 8 heteroatoms. The van der Waals surface area contributed by atoms with Crippen molar-refractivity contribution in [1.29, 1.82) is 0 Å². The normalized spacial score (nSPS) is 15.3. The summed E-state index contributed by atoms with van der Waals surface area (Å²) in [6.45, 7) is 9.84. The third-order valence-corrected chi connectivity index (χ3v) is 5.77. The number of aryl methyl sites for hydroxylation is 1.